The van der Waals surface area contributed by atoms with Crippen LogP contribution in [0, 0.1) is 19.7 Å². The highest BCUT2D eigenvalue weighted by Crippen LogP contribution is 2.28. The number of aryl methyl sites for hydroxylation is 2. The Bertz CT molecular complexity index is 533. The fourth-order valence-electron chi connectivity index (χ4n) is 1.42. The smallest absolute Gasteiger partial charge is 0.173 e. The third-order valence-electron chi connectivity index (χ3n) is 2.38. The molecule has 0 spiro atoms. The highest BCUT2D eigenvalue weighted by molar-refractivity contribution is 5.60. The Morgan fingerprint density at radius 2 is 1.94 bits per heavy atom. The number of nitrogens with zero attached hydrogens (tertiary/aromatic N) is 3. The fourth-order valence-corrected chi connectivity index (χ4v) is 1.42. The zero-order valence-corrected chi connectivity index (χ0v) is 9.53. The van der Waals surface area contributed by atoms with Gasteiger partial charge >= 0.3 is 0 Å². The molecule has 0 aliphatic rings. The highest BCUT2D eigenvalue weighted by Gasteiger charge is 2.07. The minimum absolute atomic E-state index is 0.215. The second-order valence-corrected chi connectivity index (χ2v) is 3.69. The lowest BCUT2D eigenvalue weighted by atomic mass is 10.2. The second kappa shape index (κ2) is 4.32. The predicted octanol–water partition coefficient (Wildman–Crippen LogP) is 3.16. The fraction of sp³-hybridized carbons (Fsp3) is 0.182. The van der Waals surface area contributed by atoms with E-state index in [1.165, 1.54) is 6.07 Å². The lowest BCUT2D eigenvalue weighted by Crippen LogP contribution is -1.83. The number of aromatic nitrogens is 2. The molecule has 0 amide bonds. The maximum atomic E-state index is 13.5. The van der Waals surface area contributed by atoms with Gasteiger partial charge in [-0.1, -0.05) is 12.1 Å². The molecule has 0 atom stereocenters. The minimum atomic E-state index is -0.409. The number of nitrogen functional groups attached to an aromatic ring is 1. The minimum Gasteiger partial charge on any atom is -0.380 e. The molecule has 1 heterocycles. The van der Waals surface area contributed by atoms with Gasteiger partial charge in [0, 0.05) is 0 Å². The molecule has 17 heavy (non-hydrogen) atoms. The van der Waals surface area contributed by atoms with Crippen LogP contribution >= 0.6 is 0 Å². The summed E-state index contributed by atoms with van der Waals surface area (Å²) in [7, 11) is 0. The second-order valence-electron chi connectivity index (χ2n) is 3.69. The summed E-state index contributed by atoms with van der Waals surface area (Å²) in [4.78, 5) is 0. The van der Waals surface area contributed by atoms with E-state index in [-0.39, 0.29) is 11.5 Å². The number of hydrogen-bond donors (Lipinski definition) is 2. The van der Waals surface area contributed by atoms with Gasteiger partial charge in [0.15, 0.2) is 11.6 Å². The van der Waals surface area contributed by atoms with Crippen molar-refractivity contribution < 1.29 is 4.39 Å². The van der Waals surface area contributed by atoms with Crippen molar-refractivity contribution in [1.82, 2.24) is 10.2 Å². The van der Waals surface area contributed by atoms with Crippen LogP contribution in [0.5, 0.6) is 0 Å². The Morgan fingerprint density at radius 1 is 1.24 bits per heavy atom. The van der Waals surface area contributed by atoms with Crippen molar-refractivity contribution >= 4 is 17.2 Å². The average Bonchev–Trinajstić information content (AvgIpc) is 2.59. The summed E-state index contributed by atoms with van der Waals surface area (Å²) in [6.07, 6.45) is 0. The van der Waals surface area contributed by atoms with Gasteiger partial charge in [-0.3, -0.25) is 5.10 Å². The van der Waals surface area contributed by atoms with E-state index in [2.05, 4.69) is 20.4 Å². The number of hydrogen-bond acceptors (Lipinski definition) is 4. The topological polar surface area (TPSA) is 79.4 Å². The van der Waals surface area contributed by atoms with E-state index < -0.39 is 5.82 Å². The van der Waals surface area contributed by atoms with E-state index in [1.54, 1.807) is 26.0 Å². The SMILES string of the molecule is Cc1cccc(F)c1N=Nc1c(N)n[nH]c1C. The summed E-state index contributed by atoms with van der Waals surface area (Å²) < 4.78 is 13.5. The van der Waals surface area contributed by atoms with Crippen LogP contribution in [0.4, 0.5) is 21.6 Å². The number of anilines is 1. The molecular formula is C11H12FN5. The third-order valence-corrected chi connectivity index (χ3v) is 2.38. The molecule has 0 unspecified atom stereocenters. The van der Waals surface area contributed by atoms with Crippen molar-refractivity contribution in [3.05, 3.63) is 35.3 Å². The van der Waals surface area contributed by atoms with Crippen LogP contribution in [0.2, 0.25) is 0 Å². The maximum absolute atomic E-state index is 13.5. The molecular weight excluding hydrogens is 221 g/mol. The van der Waals surface area contributed by atoms with Gasteiger partial charge in [-0.2, -0.15) is 5.10 Å². The van der Waals surface area contributed by atoms with Gasteiger partial charge in [-0.25, -0.2) is 4.39 Å². The van der Waals surface area contributed by atoms with Crippen molar-refractivity contribution in [2.24, 2.45) is 10.2 Å². The molecule has 1 aromatic heterocycles. The normalized spacial score (nSPS) is 11.2. The Balaban J connectivity index is 2.39. The number of nitrogens with two attached hydrogens (primary N) is 1. The first-order valence-corrected chi connectivity index (χ1v) is 5.07. The van der Waals surface area contributed by atoms with Gasteiger partial charge in [-0.15, -0.1) is 10.2 Å². The number of azo groups is 1. The molecule has 0 aliphatic carbocycles. The molecule has 0 saturated heterocycles. The van der Waals surface area contributed by atoms with Crippen molar-refractivity contribution in [2.45, 2.75) is 13.8 Å². The standard InChI is InChI=1S/C11H12FN5/c1-6-4-3-5-8(12)9(6)15-16-10-7(2)14-17-11(10)13/h3-5H,1-2H3,(H3,13,14,17). The first-order valence-electron chi connectivity index (χ1n) is 5.07. The lowest BCUT2D eigenvalue weighted by molar-refractivity contribution is 0.627. The Morgan fingerprint density at radius 3 is 2.53 bits per heavy atom. The number of nitrogens with one attached hydrogen (secondary N) is 1. The van der Waals surface area contributed by atoms with Crippen molar-refractivity contribution in [2.75, 3.05) is 5.73 Å². The van der Waals surface area contributed by atoms with Crippen LogP contribution in [0.15, 0.2) is 28.4 Å². The summed E-state index contributed by atoms with van der Waals surface area (Å²) in [5.41, 5.74) is 7.66. The first kappa shape index (κ1) is 11.3. The molecule has 0 saturated carbocycles. The molecule has 1 aromatic carbocycles. The zero-order chi connectivity index (χ0) is 12.4. The van der Waals surface area contributed by atoms with Crippen LogP contribution in [-0.4, -0.2) is 10.2 Å². The van der Waals surface area contributed by atoms with Gasteiger partial charge in [0.05, 0.1) is 5.69 Å². The quantitative estimate of drug-likeness (QED) is 0.781. The van der Waals surface area contributed by atoms with Gasteiger partial charge in [0.1, 0.15) is 11.4 Å². The molecule has 3 N–H and O–H groups in total. The number of halogens is 1. The summed E-state index contributed by atoms with van der Waals surface area (Å²) in [5, 5.41) is 14.3. The lowest BCUT2D eigenvalue weighted by Gasteiger charge is -1.99. The molecule has 0 bridgehead atoms. The van der Waals surface area contributed by atoms with Crippen molar-refractivity contribution in [1.29, 1.82) is 0 Å². The summed E-state index contributed by atoms with van der Waals surface area (Å²) >= 11 is 0. The first-order chi connectivity index (χ1) is 8.09. The van der Waals surface area contributed by atoms with Crippen LogP contribution in [0.1, 0.15) is 11.3 Å². The van der Waals surface area contributed by atoms with Gasteiger partial charge < -0.3 is 5.73 Å². The van der Waals surface area contributed by atoms with Crippen molar-refractivity contribution in [3.8, 4) is 0 Å². The van der Waals surface area contributed by atoms with Crippen LogP contribution in [-0.2, 0) is 0 Å². The van der Waals surface area contributed by atoms with E-state index in [1.807, 2.05) is 0 Å². The molecule has 88 valence electrons. The molecule has 2 rings (SSSR count). The van der Waals surface area contributed by atoms with Crippen LogP contribution in [0.3, 0.4) is 0 Å². The molecule has 2 aromatic rings. The van der Waals surface area contributed by atoms with E-state index >= 15 is 0 Å². The Hall–Kier alpha value is -2.24. The molecule has 0 aliphatic heterocycles. The number of H-pyrrole nitrogens is 1. The molecule has 0 radical (unpaired) electrons. The summed E-state index contributed by atoms with van der Waals surface area (Å²) in [5.74, 6) is -0.159. The Kier molecular flexibility index (Phi) is 2.86. The maximum Gasteiger partial charge on any atom is 0.173 e. The van der Waals surface area contributed by atoms with Crippen molar-refractivity contribution in [3.63, 3.8) is 0 Å². The van der Waals surface area contributed by atoms with E-state index in [0.29, 0.717) is 16.9 Å². The summed E-state index contributed by atoms with van der Waals surface area (Å²) in [6, 6.07) is 4.73. The van der Waals surface area contributed by atoms with E-state index in [9.17, 15) is 4.39 Å². The molecule has 5 nitrogen and oxygen atoms in total. The van der Waals surface area contributed by atoms with Gasteiger partial charge in [-0.05, 0) is 25.5 Å². The predicted molar refractivity (Wildman–Crippen MR) is 63.1 cm³/mol. The highest BCUT2D eigenvalue weighted by atomic mass is 19.1. The van der Waals surface area contributed by atoms with E-state index in [0.717, 1.165) is 0 Å². The average molecular weight is 233 g/mol. The largest absolute Gasteiger partial charge is 0.380 e. The monoisotopic (exact) mass is 233 g/mol. The number of aromatic amines is 1. The number of rotatable bonds is 2. The Labute approximate surface area is 97.6 Å². The summed E-state index contributed by atoms with van der Waals surface area (Å²) in [6.45, 7) is 3.54. The zero-order valence-electron chi connectivity index (χ0n) is 9.53. The third kappa shape index (κ3) is 2.15. The van der Waals surface area contributed by atoms with Gasteiger partial charge in [0.2, 0.25) is 0 Å². The number of benzene rings is 1. The van der Waals surface area contributed by atoms with Gasteiger partial charge in [0.25, 0.3) is 0 Å². The molecule has 0 fully saturated rings. The van der Waals surface area contributed by atoms with Crippen LogP contribution in [0.25, 0.3) is 0 Å². The van der Waals surface area contributed by atoms with Crippen LogP contribution < -0.4 is 5.73 Å². The van der Waals surface area contributed by atoms with E-state index in [4.69, 9.17) is 5.73 Å². The molecule has 6 heteroatoms.